The molecule has 0 fully saturated rings. The predicted molar refractivity (Wildman–Crippen MR) is 79.8 cm³/mol. The summed E-state index contributed by atoms with van der Waals surface area (Å²) in [6, 6.07) is 13.0. The molecule has 0 radical (unpaired) electrons. The van der Waals surface area contributed by atoms with Crippen molar-refractivity contribution in [2.24, 2.45) is 0 Å². The van der Waals surface area contributed by atoms with E-state index in [1.54, 1.807) is 6.07 Å². The lowest BCUT2D eigenvalue weighted by molar-refractivity contribution is 0.0693. The second-order valence-electron chi connectivity index (χ2n) is 4.43. The van der Waals surface area contributed by atoms with Crippen molar-refractivity contribution in [3.05, 3.63) is 64.7 Å². The van der Waals surface area contributed by atoms with Gasteiger partial charge in [-0.05, 0) is 23.6 Å². The van der Waals surface area contributed by atoms with E-state index in [1.807, 2.05) is 49.4 Å². The third-order valence-electron chi connectivity index (χ3n) is 3.16. The van der Waals surface area contributed by atoms with Crippen LogP contribution in [-0.2, 0) is 6.42 Å². The summed E-state index contributed by atoms with van der Waals surface area (Å²) in [5.74, 6) is -1.26. The van der Waals surface area contributed by atoms with Crippen LogP contribution in [0.3, 0.4) is 0 Å². The zero-order valence-corrected chi connectivity index (χ0v) is 11.2. The lowest BCUT2D eigenvalue weighted by Crippen LogP contribution is -2.00. The van der Waals surface area contributed by atoms with Gasteiger partial charge >= 0.3 is 5.97 Å². The number of aromatic carboxylic acids is 1. The summed E-state index contributed by atoms with van der Waals surface area (Å²) >= 11 is 0. The molecule has 0 atom stereocenters. The van der Waals surface area contributed by atoms with E-state index in [0.29, 0.717) is 12.0 Å². The average molecular weight is 268 g/mol. The summed E-state index contributed by atoms with van der Waals surface area (Å²) in [5.41, 5.74) is 2.48. The van der Waals surface area contributed by atoms with Gasteiger partial charge in [-0.1, -0.05) is 55.5 Å². The number of hydrogen-bond acceptors (Lipinski definition) is 2. The molecule has 2 N–H and O–H groups in total. The van der Waals surface area contributed by atoms with Crippen LogP contribution < -0.4 is 0 Å². The van der Waals surface area contributed by atoms with Gasteiger partial charge in [0.25, 0.3) is 0 Å². The quantitative estimate of drug-likeness (QED) is 0.829. The van der Waals surface area contributed by atoms with Crippen molar-refractivity contribution >= 4 is 18.1 Å². The summed E-state index contributed by atoms with van der Waals surface area (Å²) < 4.78 is 0. The van der Waals surface area contributed by atoms with Gasteiger partial charge in [0.1, 0.15) is 11.3 Å². The molecule has 0 saturated heterocycles. The van der Waals surface area contributed by atoms with Crippen LogP contribution >= 0.6 is 0 Å². The number of hydrogen-bond donors (Lipinski definition) is 2. The van der Waals surface area contributed by atoms with Crippen molar-refractivity contribution in [3.8, 4) is 5.75 Å². The molecule has 0 aliphatic carbocycles. The van der Waals surface area contributed by atoms with Gasteiger partial charge in [0, 0.05) is 5.56 Å². The van der Waals surface area contributed by atoms with Crippen molar-refractivity contribution in [2.45, 2.75) is 13.3 Å². The second-order valence-corrected chi connectivity index (χ2v) is 4.43. The summed E-state index contributed by atoms with van der Waals surface area (Å²) in [4.78, 5) is 11.0. The minimum atomic E-state index is -1.12. The van der Waals surface area contributed by atoms with E-state index in [1.165, 1.54) is 6.07 Å². The molecule has 102 valence electrons. The highest BCUT2D eigenvalue weighted by Crippen LogP contribution is 2.28. The number of carboxylic acids is 1. The summed E-state index contributed by atoms with van der Waals surface area (Å²) in [7, 11) is 0. The Kier molecular flexibility index (Phi) is 4.20. The van der Waals surface area contributed by atoms with Crippen molar-refractivity contribution < 1.29 is 15.0 Å². The van der Waals surface area contributed by atoms with Gasteiger partial charge < -0.3 is 10.2 Å². The summed E-state index contributed by atoms with van der Waals surface area (Å²) in [6.45, 7) is 1.89. The summed E-state index contributed by atoms with van der Waals surface area (Å²) in [6.07, 6.45) is 4.40. The Morgan fingerprint density at radius 1 is 1.10 bits per heavy atom. The van der Waals surface area contributed by atoms with E-state index >= 15 is 0 Å². The average Bonchev–Trinajstić information content (AvgIpc) is 2.45. The molecule has 2 aromatic carbocycles. The molecule has 0 unspecified atom stereocenters. The van der Waals surface area contributed by atoms with E-state index in [9.17, 15) is 9.90 Å². The second kappa shape index (κ2) is 6.06. The van der Waals surface area contributed by atoms with E-state index in [4.69, 9.17) is 5.11 Å². The van der Waals surface area contributed by atoms with Crippen LogP contribution in [0.2, 0.25) is 0 Å². The van der Waals surface area contributed by atoms with Crippen LogP contribution in [-0.4, -0.2) is 16.2 Å². The monoisotopic (exact) mass is 268 g/mol. The van der Waals surface area contributed by atoms with Crippen molar-refractivity contribution in [1.29, 1.82) is 0 Å². The van der Waals surface area contributed by atoms with E-state index < -0.39 is 5.97 Å². The Bertz CT molecular complexity index is 643. The molecule has 3 nitrogen and oxygen atoms in total. The first kappa shape index (κ1) is 13.9. The Hall–Kier alpha value is -2.55. The number of carboxylic acid groups (broad SMARTS) is 1. The Balaban J connectivity index is 2.40. The van der Waals surface area contributed by atoms with Gasteiger partial charge in [-0.2, -0.15) is 0 Å². The highest BCUT2D eigenvalue weighted by Gasteiger charge is 2.14. The number of benzene rings is 2. The maximum atomic E-state index is 11.0. The van der Waals surface area contributed by atoms with Crippen molar-refractivity contribution in [3.63, 3.8) is 0 Å². The predicted octanol–water partition coefficient (Wildman–Crippen LogP) is 3.82. The molecule has 0 spiro atoms. The molecule has 2 rings (SSSR count). The molecule has 0 heterocycles. The molecule has 0 aliphatic rings. The van der Waals surface area contributed by atoms with E-state index in [2.05, 4.69) is 0 Å². The molecule has 3 heteroatoms. The van der Waals surface area contributed by atoms with Crippen LogP contribution in [0, 0.1) is 0 Å². The highest BCUT2D eigenvalue weighted by atomic mass is 16.4. The Morgan fingerprint density at radius 3 is 2.40 bits per heavy atom. The number of carbonyl (C=O) groups is 1. The minimum Gasteiger partial charge on any atom is -0.507 e. The zero-order valence-electron chi connectivity index (χ0n) is 11.2. The van der Waals surface area contributed by atoms with Crippen molar-refractivity contribution in [2.75, 3.05) is 0 Å². The lowest BCUT2D eigenvalue weighted by atomic mass is 9.99. The fourth-order valence-electron chi connectivity index (χ4n) is 2.10. The third kappa shape index (κ3) is 2.88. The smallest absolute Gasteiger partial charge is 0.339 e. The highest BCUT2D eigenvalue weighted by molar-refractivity contribution is 5.92. The van der Waals surface area contributed by atoms with Gasteiger partial charge in [0.15, 0.2) is 0 Å². The van der Waals surface area contributed by atoms with Crippen molar-refractivity contribution in [1.82, 2.24) is 0 Å². The molecule has 2 aromatic rings. The van der Waals surface area contributed by atoms with Crippen LogP contribution in [0.1, 0.15) is 34.0 Å². The SMILES string of the molecule is CCc1c(C=Cc2ccccc2)ccc(C(=O)O)c1O. The maximum Gasteiger partial charge on any atom is 0.339 e. The molecule has 0 amide bonds. The molecular formula is C17H16O3. The number of phenols is 1. The molecule has 0 aliphatic heterocycles. The Labute approximate surface area is 117 Å². The molecular weight excluding hydrogens is 252 g/mol. The summed E-state index contributed by atoms with van der Waals surface area (Å²) in [5, 5.41) is 19.0. The van der Waals surface area contributed by atoms with Gasteiger partial charge in [-0.25, -0.2) is 4.79 Å². The molecule has 0 saturated carbocycles. The molecule has 20 heavy (non-hydrogen) atoms. The van der Waals surface area contributed by atoms with Gasteiger partial charge in [-0.15, -0.1) is 0 Å². The van der Waals surface area contributed by atoms with E-state index in [-0.39, 0.29) is 11.3 Å². The number of rotatable bonds is 4. The van der Waals surface area contributed by atoms with Gasteiger partial charge in [-0.3, -0.25) is 0 Å². The fourth-order valence-corrected chi connectivity index (χ4v) is 2.10. The molecule has 0 bridgehead atoms. The number of aromatic hydroxyl groups is 1. The van der Waals surface area contributed by atoms with Crippen LogP contribution in [0.15, 0.2) is 42.5 Å². The minimum absolute atomic E-state index is 0.0567. The first-order chi connectivity index (χ1) is 9.63. The third-order valence-corrected chi connectivity index (χ3v) is 3.16. The lowest BCUT2D eigenvalue weighted by Gasteiger charge is -2.09. The van der Waals surface area contributed by atoms with Gasteiger partial charge in [0.05, 0.1) is 0 Å². The zero-order chi connectivity index (χ0) is 14.5. The van der Waals surface area contributed by atoms with Crippen LogP contribution in [0.4, 0.5) is 0 Å². The topological polar surface area (TPSA) is 57.5 Å². The maximum absolute atomic E-state index is 11.0. The standard InChI is InChI=1S/C17H16O3/c1-2-14-13(9-8-12-6-4-3-5-7-12)10-11-15(16(14)18)17(19)20/h3-11,18H,2H2,1H3,(H,19,20). The van der Waals surface area contributed by atoms with E-state index in [0.717, 1.165) is 11.1 Å². The fraction of sp³-hybridized carbons (Fsp3) is 0.118. The van der Waals surface area contributed by atoms with Crippen LogP contribution in [0.25, 0.3) is 12.2 Å². The van der Waals surface area contributed by atoms with Gasteiger partial charge in [0.2, 0.25) is 0 Å². The normalized spacial score (nSPS) is 10.8. The molecule has 0 aromatic heterocycles. The largest absolute Gasteiger partial charge is 0.507 e. The van der Waals surface area contributed by atoms with Crippen LogP contribution in [0.5, 0.6) is 5.75 Å². The first-order valence-electron chi connectivity index (χ1n) is 6.44. The Morgan fingerprint density at radius 2 is 1.80 bits per heavy atom. The first-order valence-corrected chi connectivity index (χ1v) is 6.44.